The molecule has 1 aromatic rings. The minimum atomic E-state index is 0.0637. The molecule has 0 bridgehead atoms. The Bertz CT molecular complexity index is 339. The monoisotopic (exact) mass is 250 g/mol. The molecular formula is C15H22O3. The number of benzene rings is 1. The van der Waals surface area contributed by atoms with Gasteiger partial charge in [0, 0.05) is 0 Å². The minimum absolute atomic E-state index is 0.0637. The zero-order valence-electron chi connectivity index (χ0n) is 11.2. The summed E-state index contributed by atoms with van der Waals surface area (Å²) in [7, 11) is 1.67. The molecule has 100 valence electrons. The van der Waals surface area contributed by atoms with Gasteiger partial charge in [0.1, 0.15) is 11.9 Å². The molecule has 1 fully saturated rings. The molecule has 1 aliphatic heterocycles. The van der Waals surface area contributed by atoms with Crippen LogP contribution < -0.4 is 4.74 Å². The normalized spacial score (nSPS) is 23.9. The Balaban J connectivity index is 1.84. The number of unbranched alkanes of at least 4 members (excludes halogenated alkanes) is 1. The molecule has 18 heavy (non-hydrogen) atoms. The van der Waals surface area contributed by atoms with Gasteiger partial charge < -0.3 is 14.2 Å². The Morgan fingerprint density at radius 3 is 2.50 bits per heavy atom. The van der Waals surface area contributed by atoms with Gasteiger partial charge in [-0.2, -0.15) is 0 Å². The topological polar surface area (TPSA) is 27.7 Å². The first kappa shape index (κ1) is 13.4. The summed E-state index contributed by atoms with van der Waals surface area (Å²) in [5.74, 6) is 0.872. The molecule has 2 atom stereocenters. The van der Waals surface area contributed by atoms with E-state index in [9.17, 15) is 0 Å². The van der Waals surface area contributed by atoms with Crippen LogP contribution in [0.1, 0.15) is 37.9 Å². The van der Waals surface area contributed by atoms with Crippen molar-refractivity contribution in [1.82, 2.24) is 0 Å². The predicted octanol–water partition coefficient (Wildman–Crippen LogP) is 3.34. The van der Waals surface area contributed by atoms with Crippen LogP contribution in [0.4, 0.5) is 0 Å². The quantitative estimate of drug-likeness (QED) is 0.802. The molecule has 0 amide bonds. The molecule has 1 heterocycles. The van der Waals surface area contributed by atoms with Gasteiger partial charge in [-0.1, -0.05) is 31.9 Å². The van der Waals surface area contributed by atoms with Crippen molar-refractivity contribution in [3.63, 3.8) is 0 Å². The highest BCUT2D eigenvalue weighted by atomic mass is 16.6. The van der Waals surface area contributed by atoms with Gasteiger partial charge in [-0.05, 0) is 24.1 Å². The minimum Gasteiger partial charge on any atom is -0.497 e. The number of ether oxygens (including phenoxy) is 3. The highest BCUT2D eigenvalue weighted by molar-refractivity contribution is 5.28. The molecule has 1 saturated heterocycles. The maximum atomic E-state index is 5.88. The van der Waals surface area contributed by atoms with E-state index in [2.05, 4.69) is 6.92 Å². The van der Waals surface area contributed by atoms with E-state index < -0.39 is 0 Å². The van der Waals surface area contributed by atoms with Gasteiger partial charge in [0.2, 0.25) is 0 Å². The Labute approximate surface area is 109 Å². The third kappa shape index (κ3) is 3.47. The Hall–Kier alpha value is -1.06. The Morgan fingerprint density at radius 1 is 1.17 bits per heavy atom. The lowest BCUT2D eigenvalue weighted by atomic mass is 10.1. The van der Waals surface area contributed by atoms with Crippen molar-refractivity contribution in [2.45, 2.75) is 38.4 Å². The molecule has 2 rings (SSSR count). The van der Waals surface area contributed by atoms with Crippen LogP contribution in [0.5, 0.6) is 5.75 Å². The zero-order chi connectivity index (χ0) is 12.8. The van der Waals surface area contributed by atoms with Gasteiger partial charge in [0.15, 0.2) is 0 Å². The van der Waals surface area contributed by atoms with E-state index in [1.807, 2.05) is 24.3 Å². The van der Waals surface area contributed by atoms with Crippen molar-refractivity contribution in [1.29, 1.82) is 0 Å². The van der Waals surface area contributed by atoms with Gasteiger partial charge in [-0.3, -0.25) is 0 Å². The largest absolute Gasteiger partial charge is 0.497 e. The van der Waals surface area contributed by atoms with Crippen LogP contribution in [0, 0.1) is 0 Å². The van der Waals surface area contributed by atoms with Crippen LogP contribution in [-0.2, 0) is 9.47 Å². The summed E-state index contributed by atoms with van der Waals surface area (Å²) in [6.45, 7) is 3.56. The first-order chi connectivity index (χ1) is 8.83. The summed E-state index contributed by atoms with van der Waals surface area (Å²) in [5, 5.41) is 0. The average molecular weight is 250 g/mol. The van der Waals surface area contributed by atoms with E-state index in [-0.39, 0.29) is 12.2 Å². The fourth-order valence-electron chi connectivity index (χ4n) is 2.15. The highest BCUT2D eigenvalue weighted by Crippen LogP contribution is 2.25. The first-order valence-corrected chi connectivity index (χ1v) is 6.70. The van der Waals surface area contributed by atoms with E-state index in [0.29, 0.717) is 13.2 Å². The summed E-state index contributed by atoms with van der Waals surface area (Å²) < 4.78 is 16.9. The molecule has 0 spiro atoms. The van der Waals surface area contributed by atoms with Gasteiger partial charge in [-0.25, -0.2) is 0 Å². The summed E-state index contributed by atoms with van der Waals surface area (Å²) in [6.07, 6.45) is 3.86. The van der Waals surface area contributed by atoms with E-state index in [0.717, 1.165) is 17.7 Å². The fourth-order valence-corrected chi connectivity index (χ4v) is 2.15. The maximum absolute atomic E-state index is 5.88. The molecule has 0 aromatic heterocycles. The molecule has 1 aromatic carbocycles. The van der Waals surface area contributed by atoms with Crippen LogP contribution in [0.3, 0.4) is 0 Å². The molecule has 0 radical (unpaired) electrons. The van der Waals surface area contributed by atoms with Gasteiger partial charge in [-0.15, -0.1) is 0 Å². The predicted molar refractivity (Wildman–Crippen MR) is 71.0 cm³/mol. The Kier molecular flexibility index (Phi) is 5.02. The van der Waals surface area contributed by atoms with Crippen LogP contribution in [0.2, 0.25) is 0 Å². The number of methoxy groups -OCH3 is 1. The highest BCUT2D eigenvalue weighted by Gasteiger charge is 2.22. The summed E-state index contributed by atoms with van der Waals surface area (Å²) in [5.41, 5.74) is 1.16. The van der Waals surface area contributed by atoms with E-state index in [4.69, 9.17) is 14.2 Å². The zero-order valence-corrected chi connectivity index (χ0v) is 11.2. The smallest absolute Gasteiger partial charge is 0.118 e. The first-order valence-electron chi connectivity index (χ1n) is 6.70. The third-order valence-corrected chi connectivity index (χ3v) is 3.33. The van der Waals surface area contributed by atoms with E-state index >= 15 is 0 Å². The number of hydrogen-bond donors (Lipinski definition) is 0. The molecule has 1 aliphatic rings. The van der Waals surface area contributed by atoms with Crippen molar-refractivity contribution in [2.75, 3.05) is 20.3 Å². The van der Waals surface area contributed by atoms with Gasteiger partial charge in [0.25, 0.3) is 0 Å². The molecule has 3 nitrogen and oxygen atoms in total. The maximum Gasteiger partial charge on any atom is 0.118 e. The molecule has 2 unspecified atom stereocenters. The van der Waals surface area contributed by atoms with Crippen LogP contribution in [0.15, 0.2) is 24.3 Å². The van der Waals surface area contributed by atoms with Crippen LogP contribution in [0.25, 0.3) is 0 Å². The lowest BCUT2D eigenvalue weighted by molar-refractivity contribution is -0.137. The second kappa shape index (κ2) is 6.76. The van der Waals surface area contributed by atoms with Gasteiger partial charge in [0.05, 0.1) is 26.4 Å². The number of rotatable bonds is 5. The molecular weight excluding hydrogens is 228 g/mol. The van der Waals surface area contributed by atoms with Crippen molar-refractivity contribution < 1.29 is 14.2 Å². The molecule has 3 heteroatoms. The second-order valence-corrected chi connectivity index (χ2v) is 4.69. The Morgan fingerprint density at radius 2 is 1.94 bits per heavy atom. The van der Waals surface area contributed by atoms with Crippen molar-refractivity contribution in [3.8, 4) is 5.75 Å². The molecule has 0 aliphatic carbocycles. The number of hydrogen-bond acceptors (Lipinski definition) is 3. The third-order valence-electron chi connectivity index (χ3n) is 3.33. The molecule has 0 saturated carbocycles. The van der Waals surface area contributed by atoms with Crippen molar-refractivity contribution in [2.24, 2.45) is 0 Å². The van der Waals surface area contributed by atoms with Crippen molar-refractivity contribution in [3.05, 3.63) is 29.8 Å². The standard InChI is InChI=1S/C15H22O3/c1-3-4-5-14-10-18-15(11-17-14)12-6-8-13(16-2)9-7-12/h6-9,14-15H,3-5,10-11H2,1-2H3. The fraction of sp³-hybridized carbons (Fsp3) is 0.600. The van der Waals surface area contributed by atoms with Crippen molar-refractivity contribution >= 4 is 0 Å². The lowest BCUT2D eigenvalue weighted by Crippen LogP contribution is -2.31. The van der Waals surface area contributed by atoms with Crippen LogP contribution in [-0.4, -0.2) is 26.4 Å². The van der Waals surface area contributed by atoms with E-state index in [1.165, 1.54) is 12.8 Å². The van der Waals surface area contributed by atoms with Gasteiger partial charge >= 0.3 is 0 Å². The summed E-state index contributed by atoms with van der Waals surface area (Å²) in [6, 6.07) is 8.00. The summed E-state index contributed by atoms with van der Waals surface area (Å²) in [4.78, 5) is 0. The molecule has 0 N–H and O–H groups in total. The average Bonchev–Trinajstić information content (AvgIpc) is 2.46. The lowest BCUT2D eigenvalue weighted by Gasteiger charge is -2.29. The van der Waals surface area contributed by atoms with E-state index in [1.54, 1.807) is 7.11 Å². The second-order valence-electron chi connectivity index (χ2n) is 4.69. The summed E-state index contributed by atoms with van der Waals surface area (Å²) >= 11 is 0. The SMILES string of the molecule is CCCCC1COC(c2ccc(OC)cc2)CO1. The van der Waals surface area contributed by atoms with Crippen LogP contribution >= 0.6 is 0 Å².